The number of rotatable bonds is 5. The van der Waals surface area contributed by atoms with E-state index in [0.29, 0.717) is 23.7 Å². The van der Waals surface area contributed by atoms with Crippen molar-refractivity contribution in [3.63, 3.8) is 0 Å². The van der Waals surface area contributed by atoms with Gasteiger partial charge in [-0.15, -0.1) is 0 Å². The van der Waals surface area contributed by atoms with Crippen LogP contribution in [0.3, 0.4) is 0 Å². The van der Waals surface area contributed by atoms with E-state index in [-0.39, 0.29) is 11.9 Å². The smallest absolute Gasteiger partial charge is 0.254 e. The van der Waals surface area contributed by atoms with Crippen LogP contribution in [0, 0.1) is 0 Å². The Labute approximate surface area is 136 Å². The molecule has 2 N–H and O–H groups in total. The van der Waals surface area contributed by atoms with Crippen LogP contribution < -0.4 is 5.73 Å². The highest BCUT2D eigenvalue weighted by molar-refractivity contribution is 6.30. The number of nitrogens with two attached hydrogens (primary N) is 1. The zero-order chi connectivity index (χ0) is 16.1. The molecule has 0 heterocycles. The summed E-state index contributed by atoms with van der Waals surface area (Å²) in [7, 11) is 0. The number of carbonyl (C=O) groups is 1. The zero-order valence-electron chi connectivity index (χ0n) is 12.9. The van der Waals surface area contributed by atoms with E-state index in [1.807, 2.05) is 67.3 Å². The molecule has 0 atom stereocenters. The van der Waals surface area contributed by atoms with Gasteiger partial charge in [0.25, 0.3) is 5.91 Å². The number of hydrogen-bond donors (Lipinski definition) is 1. The number of nitrogens with zero attached hydrogens (tertiary/aromatic N) is 1. The minimum atomic E-state index is 0.0125. The second-order valence-electron chi connectivity index (χ2n) is 5.56. The van der Waals surface area contributed by atoms with Crippen molar-refractivity contribution in [1.82, 2.24) is 4.90 Å². The average molecular weight is 317 g/mol. The van der Waals surface area contributed by atoms with E-state index >= 15 is 0 Å². The van der Waals surface area contributed by atoms with Crippen molar-refractivity contribution in [2.75, 3.05) is 0 Å². The summed E-state index contributed by atoms with van der Waals surface area (Å²) in [6.07, 6.45) is 0. The van der Waals surface area contributed by atoms with Gasteiger partial charge in [-0.1, -0.05) is 35.9 Å². The molecule has 116 valence electrons. The third-order valence-corrected chi connectivity index (χ3v) is 3.80. The Morgan fingerprint density at radius 2 is 1.82 bits per heavy atom. The molecule has 0 fully saturated rings. The van der Waals surface area contributed by atoms with Gasteiger partial charge < -0.3 is 10.6 Å². The largest absolute Gasteiger partial charge is 0.332 e. The van der Waals surface area contributed by atoms with E-state index in [9.17, 15) is 4.79 Å². The molecule has 0 aromatic heterocycles. The molecule has 2 rings (SSSR count). The predicted molar refractivity (Wildman–Crippen MR) is 90.8 cm³/mol. The Hall–Kier alpha value is -1.84. The summed E-state index contributed by atoms with van der Waals surface area (Å²) in [5.74, 6) is 0.0125. The van der Waals surface area contributed by atoms with E-state index in [2.05, 4.69) is 0 Å². The number of hydrogen-bond acceptors (Lipinski definition) is 2. The minimum Gasteiger partial charge on any atom is -0.332 e. The van der Waals surface area contributed by atoms with Gasteiger partial charge in [-0.05, 0) is 49.2 Å². The lowest BCUT2D eigenvalue weighted by atomic mass is 10.1. The van der Waals surface area contributed by atoms with Crippen LogP contribution in [0.5, 0.6) is 0 Å². The van der Waals surface area contributed by atoms with Gasteiger partial charge in [-0.2, -0.15) is 0 Å². The molecule has 0 bridgehead atoms. The molecule has 4 heteroatoms. The topological polar surface area (TPSA) is 46.3 Å². The van der Waals surface area contributed by atoms with Gasteiger partial charge in [0.2, 0.25) is 0 Å². The average Bonchev–Trinajstić information content (AvgIpc) is 2.52. The third-order valence-electron chi connectivity index (χ3n) is 3.56. The lowest BCUT2D eigenvalue weighted by molar-refractivity contribution is 0.0690. The summed E-state index contributed by atoms with van der Waals surface area (Å²) in [6.45, 7) is 5.04. The molecule has 22 heavy (non-hydrogen) atoms. The summed E-state index contributed by atoms with van der Waals surface area (Å²) in [5.41, 5.74) is 8.30. The van der Waals surface area contributed by atoms with Crippen LogP contribution in [-0.4, -0.2) is 16.8 Å². The second kappa shape index (κ2) is 7.43. The van der Waals surface area contributed by atoms with Crippen LogP contribution in [0.25, 0.3) is 0 Å². The van der Waals surface area contributed by atoms with Crippen LogP contribution in [-0.2, 0) is 13.1 Å². The zero-order valence-corrected chi connectivity index (χ0v) is 13.7. The Balaban J connectivity index is 2.21. The van der Waals surface area contributed by atoms with Gasteiger partial charge in [0.05, 0.1) is 0 Å². The van der Waals surface area contributed by atoms with E-state index in [1.165, 1.54) is 0 Å². The molecule has 2 aromatic rings. The highest BCUT2D eigenvalue weighted by atomic mass is 35.5. The molecule has 0 aliphatic carbocycles. The normalized spacial score (nSPS) is 10.8. The molecular formula is C18H21ClN2O. The summed E-state index contributed by atoms with van der Waals surface area (Å²) in [4.78, 5) is 14.6. The summed E-state index contributed by atoms with van der Waals surface area (Å²) in [5, 5.41) is 0.681. The molecule has 3 nitrogen and oxygen atoms in total. The number of amides is 1. The number of halogens is 1. The summed E-state index contributed by atoms with van der Waals surface area (Å²) >= 11 is 6.02. The van der Waals surface area contributed by atoms with Crippen molar-refractivity contribution in [2.24, 2.45) is 5.73 Å². The van der Waals surface area contributed by atoms with Gasteiger partial charge >= 0.3 is 0 Å². The van der Waals surface area contributed by atoms with E-state index < -0.39 is 0 Å². The first-order chi connectivity index (χ1) is 10.5. The van der Waals surface area contributed by atoms with Gasteiger partial charge in [0, 0.05) is 29.7 Å². The van der Waals surface area contributed by atoms with E-state index in [4.69, 9.17) is 17.3 Å². The van der Waals surface area contributed by atoms with Crippen LogP contribution in [0.15, 0.2) is 48.5 Å². The monoisotopic (exact) mass is 316 g/mol. The SMILES string of the molecule is CC(C)N(Cc1cccc(Cl)c1)C(=O)c1ccc(CN)cc1. The van der Waals surface area contributed by atoms with Crippen molar-refractivity contribution in [2.45, 2.75) is 33.0 Å². The maximum absolute atomic E-state index is 12.7. The fourth-order valence-electron chi connectivity index (χ4n) is 2.27. The maximum Gasteiger partial charge on any atom is 0.254 e. The molecule has 0 unspecified atom stereocenters. The third kappa shape index (κ3) is 4.09. The first-order valence-electron chi connectivity index (χ1n) is 7.35. The van der Waals surface area contributed by atoms with Crippen LogP contribution in [0.1, 0.15) is 35.3 Å². The molecule has 0 spiro atoms. The maximum atomic E-state index is 12.7. The van der Waals surface area contributed by atoms with Crippen molar-refractivity contribution >= 4 is 17.5 Å². The molecule has 0 saturated carbocycles. The van der Waals surface area contributed by atoms with E-state index in [1.54, 1.807) is 0 Å². The Kier molecular flexibility index (Phi) is 5.58. The lowest BCUT2D eigenvalue weighted by Crippen LogP contribution is -2.36. The van der Waals surface area contributed by atoms with Gasteiger partial charge in [-0.3, -0.25) is 4.79 Å². The van der Waals surface area contributed by atoms with Gasteiger partial charge in [-0.25, -0.2) is 0 Å². The van der Waals surface area contributed by atoms with Crippen molar-refractivity contribution < 1.29 is 4.79 Å². The minimum absolute atomic E-state index is 0.0125. The number of benzene rings is 2. The van der Waals surface area contributed by atoms with Crippen LogP contribution >= 0.6 is 11.6 Å². The molecule has 0 aliphatic rings. The van der Waals surface area contributed by atoms with E-state index in [0.717, 1.165) is 11.1 Å². The fourth-order valence-corrected chi connectivity index (χ4v) is 2.48. The molecule has 0 aliphatic heterocycles. The Morgan fingerprint density at radius 1 is 1.14 bits per heavy atom. The van der Waals surface area contributed by atoms with Gasteiger partial charge in [0.1, 0.15) is 0 Å². The lowest BCUT2D eigenvalue weighted by Gasteiger charge is -2.27. The van der Waals surface area contributed by atoms with Crippen molar-refractivity contribution in [1.29, 1.82) is 0 Å². The van der Waals surface area contributed by atoms with Gasteiger partial charge in [0.15, 0.2) is 0 Å². The standard InChI is InChI=1S/C18H21ClN2O/c1-13(2)21(12-15-4-3-5-17(19)10-15)18(22)16-8-6-14(11-20)7-9-16/h3-10,13H,11-12,20H2,1-2H3. The van der Waals surface area contributed by atoms with Crippen LogP contribution in [0.4, 0.5) is 0 Å². The van der Waals surface area contributed by atoms with Crippen LogP contribution in [0.2, 0.25) is 5.02 Å². The molecule has 2 aromatic carbocycles. The first kappa shape index (κ1) is 16.5. The number of carbonyl (C=O) groups excluding carboxylic acids is 1. The predicted octanol–water partition coefficient (Wildman–Crippen LogP) is 3.85. The highest BCUT2D eigenvalue weighted by Gasteiger charge is 2.19. The fraction of sp³-hybridized carbons (Fsp3) is 0.278. The van der Waals surface area contributed by atoms with Crippen molar-refractivity contribution in [3.8, 4) is 0 Å². The summed E-state index contributed by atoms with van der Waals surface area (Å²) in [6, 6.07) is 15.1. The van der Waals surface area contributed by atoms with Crippen molar-refractivity contribution in [3.05, 3.63) is 70.2 Å². The Bertz CT molecular complexity index is 638. The summed E-state index contributed by atoms with van der Waals surface area (Å²) < 4.78 is 0. The Morgan fingerprint density at radius 3 is 2.36 bits per heavy atom. The first-order valence-corrected chi connectivity index (χ1v) is 7.73. The molecule has 0 saturated heterocycles. The molecule has 1 amide bonds. The molecular weight excluding hydrogens is 296 g/mol. The quantitative estimate of drug-likeness (QED) is 0.910. The molecule has 0 radical (unpaired) electrons. The second-order valence-corrected chi connectivity index (χ2v) is 5.99. The highest BCUT2D eigenvalue weighted by Crippen LogP contribution is 2.17.